The summed E-state index contributed by atoms with van der Waals surface area (Å²) in [6.45, 7) is 10.3. The van der Waals surface area contributed by atoms with E-state index in [1.54, 1.807) is 22.2 Å². The molecule has 0 aliphatic carbocycles. The van der Waals surface area contributed by atoms with Gasteiger partial charge in [0, 0.05) is 25.7 Å². The molecule has 2 amide bonds. The molecular weight excluding hydrogens is 462 g/mol. The quantitative estimate of drug-likeness (QED) is 0.545. The average molecular weight is 496 g/mol. The van der Waals surface area contributed by atoms with Crippen molar-refractivity contribution in [3.8, 4) is 10.4 Å². The summed E-state index contributed by atoms with van der Waals surface area (Å²) < 4.78 is 1.67. The van der Waals surface area contributed by atoms with Crippen molar-refractivity contribution in [2.75, 3.05) is 6.54 Å². The van der Waals surface area contributed by atoms with Crippen molar-refractivity contribution in [1.29, 1.82) is 0 Å². The number of amides is 2. The van der Waals surface area contributed by atoms with Gasteiger partial charge in [-0.1, -0.05) is 45.0 Å². The lowest BCUT2D eigenvalue weighted by Crippen LogP contribution is -2.50. The van der Waals surface area contributed by atoms with E-state index >= 15 is 0 Å². The zero-order valence-corrected chi connectivity index (χ0v) is 21.7. The first-order chi connectivity index (χ1) is 16.5. The number of likely N-dealkylation sites (tertiary alicyclic amines) is 1. The maximum atomic E-state index is 13.7. The number of rotatable bonds is 6. The first-order valence-corrected chi connectivity index (χ1v) is 12.7. The van der Waals surface area contributed by atoms with Crippen LogP contribution >= 0.6 is 11.3 Å². The van der Waals surface area contributed by atoms with Gasteiger partial charge in [0.05, 0.1) is 28.4 Å². The van der Waals surface area contributed by atoms with Crippen molar-refractivity contribution in [1.82, 2.24) is 25.0 Å². The van der Waals surface area contributed by atoms with Gasteiger partial charge in [-0.2, -0.15) is 5.10 Å². The Labute approximate surface area is 210 Å². The molecule has 2 N–H and O–H groups in total. The normalized spacial score (nSPS) is 19.1. The Balaban J connectivity index is 1.46. The number of benzene rings is 1. The van der Waals surface area contributed by atoms with E-state index in [-0.39, 0.29) is 24.8 Å². The second kappa shape index (κ2) is 9.91. The van der Waals surface area contributed by atoms with Crippen molar-refractivity contribution >= 4 is 23.2 Å². The molecule has 8 nitrogen and oxygen atoms in total. The van der Waals surface area contributed by atoms with E-state index in [9.17, 15) is 14.7 Å². The van der Waals surface area contributed by atoms with Crippen molar-refractivity contribution in [2.45, 2.75) is 65.8 Å². The number of carbonyl (C=O) groups excluding carboxylic acids is 2. The van der Waals surface area contributed by atoms with Gasteiger partial charge in [0.1, 0.15) is 12.1 Å². The third-order valence-corrected chi connectivity index (χ3v) is 7.32. The molecule has 3 unspecified atom stereocenters. The first-order valence-electron chi connectivity index (χ1n) is 11.8. The van der Waals surface area contributed by atoms with Gasteiger partial charge >= 0.3 is 0 Å². The highest BCUT2D eigenvalue weighted by Crippen LogP contribution is 2.34. The third-order valence-electron chi connectivity index (χ3n) is 6.34. The summed E-state index contributed by atoms with van der Waals surface area (Å²) in [5, 5.41) is 17.7. The number of carbonyl (C=O) groups is 2. The van der Waals surface area contributed by atoms with Crippen LogP contribution in [0, 0.1) is 19.3 Å². The molecule has 0 radical (unpaired) electrons. The van der Waals surface area contributed by atoms with E-state index in [0.717, 1.165) is 27.3 Å². The lowest BCUT2D eigenvalue weighted by Gasteiger charge is -2.35. The molecule has 1 aliphatic heterocycles. The van der Waals surface area contributed by atoms with E-state index in [4.69, 9.17) is 0 Å². The first kappa shape index (κ1) is 25.1. The average Bonchev–Trinajstić information content (AvgIpc) is 3.51. The molecule has 3 heterocycles. The summed E-state index contributed by atoms with van der Waals surface area (Å²) in [4.78, 5) is 33.8. The molecular formula is C26H33N5O3S. The molecule has 0 bridgehead atoms. The Morgan fingerprint density at radius 1 is 1.23 bits per heavy atom. The zero-order chi connectivity index (χ0) is 25.3. The highest BCUT2D eigenvalue weighted by molar-refractivity contribution is 7.13. The minimum atomic E-state index is -0.739. The number of β-amino-alcohol motifs (C(OH)–C–C–N with tert-alkyl or cyclic N) is 1. The van der Waals surface area contributed by atoms with Gasteiger partial charge in [0.25, 0.3) is 0 Å². The molecule has 9 heteroatoms. The number of aryl methyl sites for hydroxylation is 2. The highest BCUT2D eigenvalue weighted by Gasteiger charge is 2.44. The molecule has 1 aromatic carbocycles. The van der Waals surface area contributed by atoms with Gasteiger partial charge in [-0.15, -0.1) is 11.3 Å². The predicted molar refractivity (Wildman–Crippen MR) is 136 cm³/mol. The Hall–Kier alpha value is -3.04. The number of aliphatic hydroxyl groups excluding tert-OH is 1. The molecule has 4 rings (SSSR count). The molecule has 0 saturated carbocycles. The monoisotopic (exact) mass is 495 g/mol. The number of thiazole rings is 1. The van der Waals surface area contributed by atoms with Gasteiger partial charge < -0.3 is 15.3 Å². The third kappa shape index (κ3) is 5.46. The van der Waals surface area contributed by atoms with Crippen LogP contribution in [0.15, 0.2) is 42.2 Å². The SMILES string of the molecule is Cc1cnn(C(C(=O)N2CC(O)CC2C(=O)NCc2ccc(-c3scnc3C)cc2)C(C)(C)C)c1. The Morgan fingerprint density at radius 3 is 2.51 bits per heavy atom. The highest BCUT2D eigenvalue weighted by atomic mass is 32.1. The van der Waals surface area contributed by atoms with Gasteiger partial charge in [-0.05, 0) is 36.0 Å². The van der Waals surface area contributed by atoms with E-state index in [1.165, 1.54) is 4.90 Å². The van der Waals surface area contributed by atoms with Gasteiger partial charge in [-0.25, -0.2) is 4.98 Å². The van der Waals surface area contributed by atoms with E-state index < -0.39 is 23.6 Å². The molecule has 186 valence electrons. The van der Waals surface area contributed by atoms with Gasteiger partial charge in [0.2, 0.25) is 11.8 Å². The predicted octanol–water partition coefficient (Wildman–Crippen LogP) is 3.49. The summed E-state index contributed by atoms with van der Waals surface area (Å²) in [5.74, 6) is -0.469. The molecule has 35 heavy (non-hydrogen) atoms. The summed E-state index contributed by atoms with van der Waals surface area (Å²) in [6.07, 6.45) is 3.04. The zero-order valence-electron chi connectivity index (χ0n) is 20.9. The maximum absolute atomic E-state index is 13.7. The summed E-state index contributed by atoms with van der Waals surface area (Å²) in [5.41, 5.74) is 5.42. The number of nitrogens with one attached hydrogen (secondary N) is 1. The number of aromatic nitrogens is 3. The second-order valence-corrected chi connectivity index (χ2v) is 11.2. The Morgan fingerprint density at radius 2 is 1.94 bits per heavy atom. The smallest absolute Gasteiger partial charge is 0.248 e. The Kier molecular flexibility index (Phi) is 7.10. The van der Waals surface area contributed by atoms with Crippen LogP contribution in [0.1, 0.15) is 50.1 Å². The van der Waals surface area contributed by atoms with Crippen LogP contribution in [0.2, 0.25) is 0 Å². The van der Waals surface area contributed by atoms with E-state index in [2.05, 4.69) is 15.4 Å². The van der Waals surface area contributed by atoms with Crippen LogP contribution in [-0.2, 0) is 16.1 Å². The molecule has 2 aromatic heterocycles. The van der Waals surface area contributed by atoms with Crippen LogP contribution < -0.4 is 5.32 Å². The molecule has 1 saturated heterocycles. The van der Waals surface area contributed by atoms with Crippen molar-refractivity contribution in [2.24, 2.45) is 5.41 Å². The largest absolute Gasteiger partial charge is 0.391 e. The van der Waals surface area contributed by atoms with Gasteiger partial charge in [0.15, 0.2) is 0 Å². The molecule has 3 atom stereocenters. The molecule has 3 aromatic rings. The number of aliphatic hydroxyl groups is 1. The van der Waals surface area contributed by atoms with Crippen LogP contribution in [0.3, 0.4) is 0 Å². The van der Waals surface area contributed by atoms with Crippen LogP contribution in [-0.4, -0.2) is 55.3 Å². The van der Waals surface area contributed by atoms with Crippen LogP contribution in [0.25, 0.3) is 10.4 Å². The van der Waals surface area contributed by atoms with Gasteiger partial charge in [-0.3, -0.25) is 14.3 Å². The fourth-order valence-electron chi connectivity index (χ4n) is 4.58. The summed E-state index contributed by atoms with van der Waals surface area (Å²) in [7, 11) is 0. The summed E-state index contributed by atoms with van der Waals surface area (Å²) >= 11 is 1.60. The van der Waals surface area contributed by atoms with E-state index in [0.29, 0.717) is 6.54 Å². The van der Waals surface area contributed by atoms with Crippen LogP contribution in [0.4, 0.5) is 0 Å². The number of hydrogen-bond donors (Lipinski definition) is 2. The minimum Gasteiger partial charge on any atom is -0.391 e. The number of nitrogens with zero attached hydrogens (tertiary/aromatic N) is 4. The van der Waals surface area contributed by atoms with Crippen molar-refractivity contribution < 1.29 is 14.7 Å². The molecule has 1 fully saturated rings. The molecule has 0 spiro atoms. The van der Waals surface area contributed by atoms with Crippen LogP contribution in [0.5, 0.6) is 0 Å². The second-order valence-electron chi connectivity index (χ2n) is 10.3. The topological polar surface area (TPSA) is 100 Å². The fourth-order valence-corrected chi connectivity index (χ4v) is 5.39. The fraction of sp³-hybridized carbons (Fsp3) is 0.462. The van der Waals surface area contributed by atoms with Crippen molar-refractivity contribution in [3.63, 3.8) is 0 Å². The summed E-state index contributed by atoms with van der Waals surface area (Å²) in [6, 6.07) is 6.71. The van der Waals surface area contributed by atoms with E-state index in [1.807, 2.05) is 70.6 Å². The molecule has 1 aliphatic rings. The Bertz CT molecular complexity index is 1190. The minimum absolute atomic E-state index is 0.132. The van der Waals surface area contributed by atoms with Crippen molar-refractivity contribution in [3.05, 3.63) is 59.0 Å². The lowest BCUT2D eigenvalue weighted by atomic mass is 9.85. The number of hydrogen-bond acceptors (Lipinski definition) is 6. The standard InChI is InChI=1S/C26H33N5O3S/c1-16-11-29-31(13-16)23(26(3,4)5)25(34)30-14-20(32)10-21(30)24(33)27-12-18-6-8-19(9-7-18)22-17(2)28-15-35-22/h6-9,11,13,15,20-21,23,32H,10,12,14H2,1-5H3,(H,27,33). The maximum Gasteiger partial charge on any atom is 0.248 e. The lowest BCUT2D eigenvalue weighted by molar-refractivity contribution is -0.144.